The fourth-order valence-electron chi connectivity index (χ4n) is 3.01. The highest BCUT2D eigenvalue weighted by Crippen LogP contribution is 2.39. The van der Waals surface area contributed by atoms with Crippen molar-refractivity contribution in [2.45, 2.75) is 33.0 Å². The summed E-state index contributed by atoms with van der Waals surface area (Å²) in [5.41, 5.74) is 5.46. The number of aryl methyl sites for hydroxylation is 2. The zero-order chi connectivity index (χ0) is 16.4. The summed E-state index contributed by atoms with van der Waals surface area (Å²) >= 11 is 0. The van der Waals surface area contributed by atoms with E-state index in [1.807, 2.05) is 32.0 Å². The molecular weight excluding hydrogens is 286 g/mol. The number of epoxide rings is 1. The molecule has 2 unspecified atom stereocenters. The normalized spacial score (nSPS) is 18.9. The maximum Gasteiger partial charge on any atom is 0.125 e. The van der Waals surface area contributed by atoms with Gasteiger partial charge in [0.25, 0.3) is 0 Å². The van der Waals surface area contributed by atoms with E-state index < -0.39 is 0 Å². The maximum atomic E-state index is 6.06. The largest absolute Gasteiger partial charge is 0.490 e. The van der Waals surface area contributed by atoms with Gasteiger partial charge in [-0.3, -0.25) is 0 Å². The summed E-state index contributed by atoms with van der Waals surface area (Å²) in [6.07, 6.45) is 0.265. The number of rotatable bonds is 4. The van der Waals surface area contributed by atoms with Crippen LogP contribution in [-0.2, 0) is 4.74 Å². The van der Waals surface area contributed by atoms with Gasteiger partial charge in [0.1, 0.15) is 31.6 Å². The predicted molar refractivity (Wildman–Crippen MR) is 91.9 cm³/mol. The Labute approximate surface area is 137 Å². The van der Waals surface area contributed by atoms with Crippen molar-refractivity contribution in [1.29, 1.82) is 0 Å². The van der Waals surface area contributed by atoms with E-state index in [0.29, 0.717) is 6.61 Å². The Morgan fingerprint density at radius 2 is 1.91 bits per heavy atom. The number of ether oxygens (including phenoxy) is 2. The number of benzene rings is 2. The van der Waals surface area contributed by atoms with E-state index >= 15 is 0 Å². The van der Waals surface area contributed by atoms with Crippen LogP contribution in [0.5, 0.6) is 5.75 Å². The summed E-state index contributed by atoms with van der Waals surface area (Å²) in [5, 5.41) is 0. The van der Waals surface area contributed by atoms with Crippen LogP contribution >= 0.6 is 0 Å². The molecule has 1 heterocycles. The van der Waals surface area contributed by atoms with Gasteiger partial charge in [-0.05, 0) is 43.0 Å². The fourth-order valence-corrected chi connectivity index (χ4v) is 3.01. The molecule has 2 atom stereocenters. The second-order valence-electron chi connectivity index (χ2n) is 5.93. The van der Waals surface area contributed by atoms with E-state index in [-0.39, 0.29) is 12.2 Å². The van der Waals surface area contributed by atoms with Gasteiger partial charge >= 0.3 is 0 Å². The van der Waals surface area contributed by atoms with E-state index in [1.54, 1.807) is 0 Å². The lowest BCUT2D eigenvalue weighted by molar-refractivity contribution is 0.258. The minimum Gasteiger partial charge on any atom is -0.490 e. The molecule has 0 saturated carbocycles. The highest BCUT2D eigenvalue weighted by atomic mass is 16.6. The molecule has 118 valence electrons. The monoisotopic (exact) mass is 307 g/mol. The van der Waals surface area contributed by atoms with Crippen LogP contribution in [0.2, 0.25) is 0 Å². The lowest BCUT2D eigenvalue weighted by atomic mass is 9.99. The summed E-state index contributed by atoms with van der Waals surface area (Å²) in [7, 11) is 3.50. The van der Waals surface area contributed by atoms with Crippen molar-refractivity contribution in [3.63, 3.8) is 0 Å². The minimum atomic E-state index is 0.117. The molecule has 0 radical (unpaired) electrons. The molecule has 23 heavy (non-hydrogen) atoms. The zero-order valence-electron chi connectivity index (χ0n) is 13.8. The zero-order valence-corrected chi connectivity index (χ0v) is 13.8. The van der Waals surface area contributed by atoms with Crippen molar-refractivity contribution in [2.24, 2.45) is 0 Å². The molecule has 1 fully saturated rings. The first-order valence-electron chi connectivity index (χ1n) is 7.77. The van der Waals surface area contributed by atoms with E-state index in [2.05, 4.69) is 43.1 Å². The third-order valence-electron chi connectivity index (χ3n) is 4.19. The van der Waals surface area contributed by atoms with E-state index in [4.69, 9.17) is 9.47 Å². The van der Waals surface area contributed by atoms with Gasteiger partial charge in [0.05, 0.1) is 6.07 Å². The molecule has 0 spiro atoms. The standard InChI is InChI=1S/C20H21NO2/c1-13-10-14(2)19(15(3)17(13)11-21-4)22-12-18-20(23-18)16-8-6-5-7-9-16/h5-10,18,20H,4,12H2,1-3H3. The third kappa shape index (κ3) is 3.18. The number of nitrogens with zero attached hydrogens (tertiary/aromatic N) is 1. The quantitative estimate of drug-likeness (QED) is 0.609. The van der Waals surface area contributed by atoms with Gasteiger partial charge in [-0.2, -0.15) is 0 Å². The van der Waals surface area contributed by atoms with Crippen LogP contribution in [0.3, 0.4) is 0 Å². The predicted octanol–water partition coefficient (Wildman–Crippen LogP) is 4.60. The Morgan fingerprint density at radius 3 is 2.61 bits per heavy atom. The van der Waals surface area contributed by atoms with Crippen LogP contribution in [0.4, 0.5) is 0 Å². The third-order valence-corrected chi connectivity index (χ3v) is 4.19. The molecule has 2 aromatic carbocycles. The maximum absolute atomic E-state index is 6.06. The van der Waals surface area contributed by atoms with Crippen molar-refractivity contribution in [3.05, 3.63) is 76.1 Å². The Hall–Kier alpha value is -2.44. The summed E-state index contributed by atoms with van der Waals surface area (Å²) in [6, 6.07) is 15.3. The molecule has 1 saturated heterocycles. The van der Waals surface area contributed by atoms with Crippen LogP contribution < -0.4 is 4.74 Å². The summed E-state index contributed by atoms with van der Waals surface area (Å²) < 4.78 is 11.8. The second-order valence-corrected chi connectivity index (χ2v) is 5.93. The molecule has 3 rings (SSSR count). The average molecular weight is 307 g/mol. The highest BCUT2D eigenvalue weighted by molar-refractivity contribution is 5.55. The van der Waals surface area contributed by atoms with Gasteiger partial charge in [0, 0.05) is 5.56 Å². The van der Waals surface area contributed by atoms with Gasteiger partial charge in [0.2, 0.25) is 0 Å². The summed E-state index contributed by atoms with van der Waals surface area (Å²) in [5.74, 6) is 0.893. The summed E-state index contributed by atoms with van der Waals surface area (Å²) in [4.78, 5) is 3.78. The molecule has 1 aliphatic rings. The van der Waals surface area contributed by atoms with Crippen LogP contribution in [0, 0.1) is 33.9 Å². The van der Waals surface area contributed by atoms with E-state index in [0.717, 1.165) is 28.0 Å². The van der Waals surface area contributed by atoms with Gasteiger partial charge in [0.15, 0.2) is 0 Å². The first-order chi connectivity index (χ1) is 11.1. The molecule has 3 heteroatoms. The first-order valence-corrected chi connectivity index (χ1v) is 7.77. The number of hydrogen-bond acceptors (Lipinski definition) is 2. The minimum absolute atomic E-state index is 0.117. The Balaban J connectivity index is 1.72. The number of hydrogen-bond donors (Lipinski definition) is 0. The van der Waals surface area contributed by atoms with Gasteiger partial charge in [-0.1, -0.05) is 36.4 Å². The molecule has 0 aliphatic carbocycles. The molecule has 1 aliphatic heterocycles. The lowest BCUT2D eigenvalue weighted by Crippen LogP contribution is -2.08. The van der Waals surface area contributed by atoms with Crippen LogP contribution in [0.15, 0.2) is 36.4 Å². The van der Waals surface area contributed by atoms with Crippen molar-refractivity contribution in [3.8, 4) is 11.8 Å². The molecule has 3 nitrogen and oxygen atoms in total. The second kappa shape index (κ2) is 6.36. The molecule has 2 aromatic rings. The first kappa shape index (κ1) is 15.5. The van der Waals surface area contributed by atoms with Gasteiger partial charge < -0.3 is 9.47 Å². The summed E-state index contributed by atoms with van der Waals surface area (Å²) in [6.45, 7) is 6.69. The van der Waals surface area contributed by atoms with Crippen molar-refractivity contribution in [2.75, 3.05) is 6.61 Å². The van der Waals surface area contributed by atoms with Crippen LogP contribution in [-0.4, -0.2) is 12.7 Å². The Morgan fingerprint density at radius 1 is 1.17 bits per heavy atom. The topological polar surface area (TPSA) is 26.1 Å². The smallest absolute Gasteiger partial charge is 0.125 e. The van der Waals surface area contributed by atoms with Crippen molar-refractivity contribution >= 4 is 0 Å². The average Bonchev–Trinajstić information content (AvgIpc) is 3.31. The fraction of sp³-hybridized carbons (Fsp3) is 0.300. The Kier molecular flexibility index (Phi) is 4.27. The van der Waals surface area contributed by atoms with Crippen LogP contribution in [0.25, 0.3) is 4.85 Å². The van der Waals surface area contributed by atoms with E-state index in [9.17, 15) is 0 Å². The highest BCUT2D eigenvalue weighted by Gasteiger charge is 2.40. The molecule has 0 bridgehead atoms. The van der Waals surface area contributed by atoms with Crippen molar-refractivity contribution in [1.82, 2.24) is 0 Å². The van der Waals surface area contributed by atoms with Crippen LogP contribution in [0.1, 0.15) is 33.9 Å². The SMILES string of the molecule is [CH2-][N+]#Cc1c(C)cc(C)c(OCC2OC2c2ccccc2)c1C. The molecule has 0 aromatic heterocycles. The molecule has 0 amide bonds. The lowest BCUT2D eigenvalue weighted by Gasteiger charge is -2.15. The molecular formula is C20H21NO2. The van der Waals surface area contributed by atoms with Gasteiger partial charge in [-0.25, -0.2) is 4.85 Å². The molecule has 0 N–H and O–H groups in total. The Bertz CT molecular complexity index is 772. The van der Waals surface area contributed by atoms with Crippen molar-refractivity contribution < 1.29 is 9.47 Å². The van der Waals surface area contributed by atoms with Gasteiger partial charge in [-0.15, -0.1) is 0 Å². The van der Waals surface area contributed by atoms with E-state index in [1.165, 1.54) is 5.56 Å².